The summed E-state index contributed by atoms with van der Waals surface area (Å²) in [7, 11) is -2.82. The van der Waals surface area contributed by atoms with Gasteiger partial charge in [0.25, 0.3) is 0 Å². The number of fused-ring (bicyclic) bond motifs is 1. The number of sulfonamides is 1. The van der Waals surface area contributed by atoms with E-state index in [1.165, 1.54) is 31.4 Å². The van der Waals surface area contributed by atoms with Crippen LogP contribution in [0.5, 0.6) is 0 Å². The van der Waals surface area contributed by atoms with Crippen molar-refractivity contribution in [3.63, 3.8) is 0 Å². The summed E-state index contributed by atoms with van der Waals surface area (Å²) >= 11 is 0. The van der Waals surface area contributed by atoms with Gasteiger partial charge in [-0.2, -0.15) is 4.31 Å². The first-order valence-corrected chi connectivity index (χ1v) is 9.35. The lowest BCUT2D eigenvalue weighted by Gasteiger charge is -2.34. The van der Waals surface area contributed by atoms with Gasteiger partial charge in [-0.25, -0.2) is 13.2 Å². The molecule has 2 aromatic carbocycles. The number of primary amides is 1. The highest BCUT2D eigenvalue weighted by Gasteiger charge is 2.38. The molecule has 1 atom stereocenters. The molecule has 0 saturated carbocycles. The van der Waals surface area contributed by atoms with Crippen LogP contribution in [-0.4, -0.2) is 37.8 Å². The summed E-state index contributed by atoms with van der Waals surface area (Å²) in [5.41, 5.74) is 7.29. The van der Waals surface area contributed by atoms with Crippen LogP contribution in [0.2, 0.25) is 0 Å². The second-order valence-corrected chi connectivity index (χ2v) is 7.85. The molecule has 0 aliphatic carbocycles. The average Bonchev–Trinajstić information content (AvgIpc) is 2.66. The molecule has 0 saturated heterocycles. The number of amides is 1. The number of hydrogen-bond acceptors (Lipinski definition) is 5. The highest BCUT2D eigenvalue weighted by Crippen LogP contribution is 2.29. The summed E-state index contributed by atoms with van der Waals surface area (Å²) in [4.78, 5) is 23.5. The Kier molecular flexibility index (Phi) is 4.80. The van der Waals surface area contributed by atoms with E-state index in [0.717, 1.165) is 15.4 Å². The van der Waals surface area contributed by atoms with Crippen LogP contribution in [0.25, 0.3) is 0 Å². The zero-order valence-electron chi connectivity index (χ0n) is 14.1. The van der Waals surface area contributed by atoms with Crippen LogP contribution in [0.15, 0.2) is 53.4 Å². The standard InChI is InChI=1S/C18H18N2O5S/c1-25-18(22)13-7-4-8-15(9-13)26(23,24)20-11-14-6-3-2-5-12(14)10-16(20)17(19)21/h2-9,16H,10-11H2,1H3,(H2,19,21)/t16-/m0/s1. The summed E-state index contributed by atoms with van der Waals surface area (Å²) in [5, 5.41) is 0. The number of nitrogens with two attached hydrogens (primary N) is 1. The lowest BCUT2D eigenvalue weighted by atomic mass is 9.96. The molecule has 1 aliphatic heterocycles. The Morgan fingerprint density at radius 3 is 2.46 bits per heavy atom. The SMILES string of the molecule is COC(=O)c1cccc(S(=O)(=O)N2Cc3ccccc3C[C@H]2C(N)=O)c1. The number of benzene rings is 2. The van der Waals surface area contributed by atoms with Crippen molar-refractivity contribution in [1.82, 2.24) is 4.31 Å². The second kappa shape index (κ2) is 6.89. The fourth-order valence-electron chi connectivity index (χ4n) is 3.03. The van der Waals surface area contributed by atoms with Gasteiger partial charge < -0.3 is 10.5 Å². The molecule has 0 radical (unpaired) electrons. The van der Waals surface area contributed by atoms with Crippen molar-refractivity contribution in [1.29, 1.82) is 0 Å². The molecule has 7 nitrogen and oxygen atoms in total. The topological polar surface area (TPSA) is 107 Å². The number of methoxy groups -OCH3 is 1. The van der Waals surface area contributed by atoms with Gasteiger partial charge in [0.1, 0.15) is 6.04 Å². The number of esters is 1. The van der Waals surface area contributed by atoms with E-state index < -0.39 is 27.9 Å². The summed E-state index contributed by atoms with van der Waals surface area (Å²) in [6.45, 7) is 0.0363. The zero-order chi connectivity index (χ0) is 18.9. The molecule has 0 bridgehead atoms. The van der Waals surface area contributed by atoms with Crippen molar-refractivity contribution in [3.8, 4) is 0 Å². The molecule has 0 fully saturated rings. The minimum atomic E-state index is -4.04. The third-order valence-corrected chi connectivity index (χ3v) is 6.25. The number of nitrogens with zero attached hydrogens (tertiary/aromatic N) is 1. The van der Waals surface area contributed by atoms with Gasteiger partial charge in [0, 0.05) is 6.54 Å². The largest absolute Gasteiger partial charge is 0.465 e. The third kappa shape index (κ3) is 3.21. The predicted molar refractivity (Wildman–Crippen MR) is 93.6 cm³/mol. The first kappa shape index (κ1) is 18.1. The van der Waals surface area contributed by atoms with E-state index in [4.69, 9.17) is 5.73 Å². The Bertz CT molecular complexity index is 971. The van der Waals surface area contributed by atoms with E-state index >= 15 is 0 Å². The van der Waals surface area contributed by atoms with Gasteiger partial charge in [-0.3, -0.25) is 4.79 Å². The molecule has 0 unspecified atom stereocenters. The molecular formula is C18H18N2O5S. The third-order valence-electron chi connectivity index (χ3n) is 4.40. The Morgan fingerprint density at radius 1 is 1.12 bits per heavy atom. The first-order chi connectivity index (χ1) is 12.3. The number of carbonyl (C=O) groups excluding carboxylic acids is 2. The fraction of sp³-hybridized carbons (Fsp3) is 0.222. The lowest BCUT2D eigenvalue weighted by molar-refractivity contribution is -0.122. The van der Waals surface area contributed by atoms with E-state index in [-0.39, 0.29) is 23.4 Å². The van der Waals surface area contributed by atoms with Gasteiger partial charge in [0.2, 0.25) is 15.9 Å². The smallest absolute Gasteiger partial charge is 0.337 e. The molecule has 136 valence electrons. The van der Waals surface area contributed by atoms with Gasteiger partial charge >= 0.3 is 5.97 Å². The Labute approximate surface area is 151 Å². The van der Waals surface area contributed by atoms with Crippen LogP contribution in [0.3, 0.4) is 0 Å². The van der Waals surface area contributed by atoms with Gasteiger partial charge in [0.15, 0.2) is 0 Å². The highest BCUT2D eigenvalue weighted by molar-refractivity contribution is 7.89. The van der Waals surface area contributed by atoms with Crippen LogP contribution in [-0.2, 0) is 32.5 Å². The number of ether oxygens (including phenoxy) is 1. The molecule has 1 heterocycles. The molecule has 3 rings (SSSR count). The maximum atomic E-state index is 13.1. The van der Waals surface area contributed by atoms with Gasteiger partial charge in [0.05, 0.1) is 17.6 Å². The Hall–Kier alpha value is -2.71. The van der Waals surface area contributed by atoms with Crippen LogP contribution >= 0.6 is 0 Å². The molecule has 2 N–H and O–H groups in total. The quantitative estimate of drug-likeness (QED) is 0.806. The van der Waals surface area contributed by atoms with Crippen molar-refractivity contribution in [2.75, 3.05) is 7.11 Å². The summed E-state index contributed by atoms with van der Waals surface area (Å²) < 4.78 is 32.0. The predicted octanol–water partition coefficient (Wildman–Crippen LogP) is 1.07. The van der Waals surface area contributed by atoms with Crippen molar-refractivity contribution in [2.45, 2.75) is 23.9 Å². The van der Waals surface area contributed by atoms with E-state index in [9.17, 15) is 18.0 Å². The van der Waals surface area contributed by atoms with Crippen LogP contribution in [0, 0.1) is 0 Å². The summed E-state index contributed by atoms with van der Waals surface area (Å²) in [6.07, 6.45) is 0.210. The van der Waals surface area contributed by atoms with Crippen molar-refractivity contribution in [3.05, 3.63) is 65.2 Å². The van der Waals surface area contributed by atoms with E-state index in [2.05, 4.69) is 4.74 Å². The minimum absolute atomic E-state index is 0.0363. The van der Waals surface area contributed by atoms with Crippen LogP contribution in [0.1, 0.15) is 21.5 Å². The van der Waals surface area contributed by atoms with Crippen LogP contribution < -0.4 is 5.73 Å². The Balaban J connectivity index is 2.05. The minimum Gasteiger partial charge on any atom is -0.465 e. The molecule has 26 heavy (non-hydrogen) atoms. The second-order valence-electron chi connectivity index (χ2n) is 5.96. The van der Waals surface area contributed by atoms with E-state index in [1.54, 1.807) is 0 Å². The highest BCUT2D eigenvalue weighted by atomic mass is 32.2. The van der Waals surface area contributed by atoms with E-state index in [0.29, 0.717) is 0 Å². The number of carbonyl (C=O) groups is 2. The van der Waals surface area contributed by atoms with E-state index in [1.807, 2.05) is 24.3 Å². The summed E-state index contributed by atoms with van der Waals surface area (Å²) in [5.74, 6) is -1.36. The van der Waals surface area contributed by atoms with Gasteiger partial charge in [-0.1, -0.05) is 30.3 Å². The average molecular weight is 374 g/mol. The lowest BCUT2D eigenvalue weighted by Crippen LogP contribution is -2.51. The maximum absolute atomic E-state index is 13.1. The monoisotopic (exact) mass is 374 g/mol. The normalized spacial score (nSPS) is 17.3. The van der Waals surface area contributed by atoms with Gasteiger partial charge in [-0.05, 0) is 35.7 Å². The molecule has 8 heteroatoms. The molecule has 1 aliphatic rings. The Morgan fingerprint density at radius 2 is 1.81 bits per heavy atom. The first-order valence-electron chi connectivity index (χ1n) is 7.91. The zero-order valence-corrected chi connectivity index (χ0v) is 14.9. The molecule has 0 spiro atoms. The summed E-state index contributed by atoms with van der Waals surface area (Å²) in [6, 6.07) is 11.9. The molecule has 1 amide bonds. The molecular weight excluding hydrogens is 356 g/mol. The fourth-order valence-corrected chi connectivity index (χ4v) is 4.65. The molecule has 0 aromatic heterocycles. The van der Waals surface area contributed by atoms with Crippen molar-refractivity contribution >= 4 is 21.9 Å². The van der Waals surface area contributed by atoms with Crippen molar-refractivity contribution in [2.24, 2.45) is 5.73 Å². The van der Waals surface area contributed by atoms with Crippen LogP contribution in [0.4, 0.5) is 0 Å². The van der Waals surface area contributed by atoms with Crippen molar-refractivity contribution < 1.29 is 22.7 Å². The molecule has 2 aromatic rings. The maximum Gasteiger partial charge on any atom is 0.337 e. The van der Waals surface area contributed by atoms with Gasteiger partial charge in [-0.15, -0.1) is 0 Å². The number of rotatable bonds is 4. The number of hydrogen-bond donors (Lipinski definition) is 1.